The summed E-state index contributed by atoms with van der Waals surface area (Å²) in [5.74, 6) is -0.386. The van der Waals surface area contributed by atoms with Gasteiger partial charge in [0.25, 0.3) is 0 Å². The van der Waals surface area contributed by atoms with E-state index in [1.165, 1.54) is 12.1 Å². The van der Waals surface area contributed by atoms with Crippen molar-refractivity contribution < 1.29 is 9.18 Å². The Morgan fingerprint density at radius 3 is 2.39 bits per heavy atom. The number of ketones is 1. The van der Waals surface area contributed by atoms with E-state index in [-0.39, 0.29) is 17.5 Å². The Morgan fingerprint density at radius 1 is 0.957 bits per heavy atom. The molecule has 2 aromatic carbocycles. The van der Waals surface area contributed by atoms with Crippen LogP contribution in [0.25, 0.3) is 22.5 Å². The van der Waals surface area contributed by atoms with Crippen molar-refractivity contribution >= 4 is 11.7 Å². The summed E-state index contributed by atoms with van der Waals surface area (Å²) < 4.78 is 13.2. The zero-order chi connectivity index (χ0) is 16.1. The Hall–Kier alpha value is -3.08. The molecular weight excluding hydrogens is 293 g/mol. The number of hydrogen-bond donors (Lipinski definition) is 1. The molecule has 3 aromatic rings. The van der Waals surface area contributed by atoms with E-state index >= 15 is 0 Å². The lowest BCUT2D eigenvalue weighted by Gasteiger charge is -2.08. The van der Waals surface area contributed by atoms with Gasteiger partial charge < -0.3 is 5.73 Å². The molecule has 2 N–H and O–H groups in total. The third kappa shape index (κ3) is 1.93. The minimum atomic E-state index is -0.349. The van der Waals surface area contributed by atoms with Crippen molar-refractivity contribution in [1.29, 1.82) is 0 Å². The number of fused-ring (bicyclic) bond motifs is 3. The number of aromatic nitrogens is 2. The fourth-order valence-corrected chi connectivity index (χ4v) is 3.00. The molecule has 0 amide bonds. The first-order valence-electron chi connectivity index (χ1n) is 7.14. The lowest BCUT2D eigenvalue weighted by Crippen LogP contribution is -2.05. The Morgan fingerprint density at radius 2 is 1.65 bits per heavy atom. The topological polar surface area (TPSA) is 68.9 Å². The van der Waals surface area contributed by atoms with Crippen LogP contribution in [0, 0.1) is 12.7 Å². The highest BCUT2D eigenvalue weighted by Crippen LogP contribution is 2.41. The number of rotatable bonds is 1. The van der Waals surface area contributed by atoms with Gasteiger partial charge in [-0.05, 0) is 36.8 Å². The van der Waals surface area contributed by atoms with Gasteiger partial charge >= 0.3 is 0 Å². The van der Waals surface area contributed by atoms with E-state index in [9.17, 15) is 9.18 Å². The number of carbonyl (C=O) groups excluding carboxylic acids is 1. The molecule has 0 radical (unpaired) electrons. The molecule has 0 aliphatic heterocycles. The van der Waals surface area contributed by atoms with Gasteiger partial charge in [-0.3, -0.25) is 4.79 Å². The van der Waals surface area contributed by atoms with E-state index in [1.807, 2.05) is 19.1 Å². The molecule has 4 nitrogen and oxygen atoms in total. The number of aryl methyl sites for hydroxylation is 1. The fourth-order valence-electron chi connectivity index (χ4n) is 3.00. The van der Waals surface area contributed by atoms with Gasteiger partial charge in [0, 0.05) is 16.7 Å². The van der Waals surface area contributed by atoms with Crippen molar-refractivity contribution in [1.82, 2.24) is 9.97 Å². The zero-order valence-electron chi connectivity index (χ0n) is 12.3. The number of nitrogens with two attached hydrogens (primary N) is 1. The lowest BCUT2D eigenvalue weighted by atomic mass is 10.0. The van der Waals surface area contributed by atoms with Crippen molar-refractivity contribution in [3.8, 4) is 22.5 Å². The van der Waals surface area contributed by atoms with Gasteiger partial charge in [0.05, 0.1) is 17.0 Å². The third-order valence-corrected chi connectivity index (χ3v) is 4.03. The van der Waals surface area contributed by atoms with Crippen LogP contribution in [-0.2, 0) is 0 Å². The SMILES string of the molecule is Cc1cccc2c1-c1nc(N)nc(-c3ccc(F)cc3)c1C2=O. The molecular formula is C18H12FN3O. The largest absolute Gasteiger partial charge is 0.368 e. The normalized spacial score (nSPS) is 12.2. The Bertz CT molecular complexity index is 965. The summed E-state index contributed by atoms with van der Waals surface area (Å²) >= 11 is 0. The maximum atomic E-state index is 13.2. The van der Waals surface area contributed by atoms with E-state index in [4.69, 9.17) is 5.73 Å². The van der Waals surface area contributed by atoms with Crippen LogP contribution in [0.4, 0.5) is 10.3 Å². The van der Waals surface area contributed by atoms with Crippen LogP contribution < -0.4 is 5.73 Å². The predicted octanol–water partition coefficient (Wildman–Crippen LogP) is 3.38. The van der Waals surface area contributed by atoms with Gasteiger partial charge in [-0.25, -0.2) is 14.4 Å². The molecule has 0 fully saturated rings. The molecule has 0 atom stereocenters. The predicted molar refractivity (Wildman–Crippen MR) is 85.4 cm³/mol. The van der Waals surface area contributed by atoms with Crippen molar-refractivity contribution in [3.63, 3.8) is 0 Å². The molecule has 0 unspecified atom stereocenters. The average molecular weight is 305 g/mol. The molecule has 0 bridgehead atoms. The summed E-state index contributed by atoms with van der Waals surface area (Å²) in [7, 11) is 0. The highest BCUT2D eigenvalue weighted by atomic mass is 19.1. The highest BCUT2D eigenvalue weighted by molar-refractivity contribution is 6.24. The molecule has 1 aromatic heterocycles. The molecule has 1 heterocycles. The van der Waals surface area contributed by atoms with Crippen LogP contribution in [0.3, 0.4) is 0 Å². The summed E-state index contributed by atoms with van der Waals surface area (Å²) in [5, 5.41) is 0. The molecule has 0 saturated heterocycles. The zero-order valence-corrected chi connectivity index (χ0v) is 12.3. The number of nitrogens with zero attached hydrogens (tertiary/aromatic N) is 2. The Labute approximate surface area is 131 Å². The first-order valence-corrected chi connectivity index (χ1v) is 7.14. The average Bonchev–Trinajstić information content (AvgIpc) is 2.81. The number of hydrogen-bond acceptors (Lipinski definition) is 4. The van der Waals surface area contributed by atoms with Crippen LogP contribution in [-0.4, -0.2) is 15.8 Å². The van der Waals surface area contributed by atoms with Crippen molar-refractivity contribution in [3.05, 3.63) is 65.0 Å². The molecule has 1 aliphatic rings. The molecule has 23 heavy (non-hydrogen) atoms. The van der Waals surface area contributed by atoms with Gasteiger partial charge in [0.2, 0.25) is 5.95 Å². The van der Waals surface area contributed by atoms with Crippen molar-refractivity contribution in [2.45, 2.75) is 6.92 Å². The number of benzene rings is 2. The van der Waals surface area contributed by atoms with Crippen LogP contribution in [0.5, 0.6) is 0 Å². The molecule has 112 valence electrons. The molecule has 4 rings (SSSR count). The maximum Gasteiger partial charge on any atom is 0.221 e. The van der Waals surface area contributed by atoms with E-state index < -0.39 is 0 Å². The van der Waals surface area contributed by atoms with Crippen molar-refractivity contribution in [2.24, 2.45) is 0 Å². The first kappa shape index (κ1) is 13.6. The maximum absolute atomic E-state index is 13.2. The summed E-state index contributed by atoms with van der Waals surface area (Å²) in [4.78, 5) is 21.3. The molecule has 5 heteroatoms. The van der Waals surface area contributed by atoms with E-state index in [0.717, 1.165) is 11.1 Å². The third-order valence-electron chi connectivity index (χ3n) is 4.03. The fraction of sp³-hybridized carbons (Fsp3) is 0.0556. The second-order valence-corrected chi connectivity index (χ2v) is 5.49. The van der Waals surface area contributed by atoms with Gasteiger partial charge in [0.15, 0.2) is 5.78 Å². The van der Waals surface area contributed by atoms with E-state index in [2.05, 4.69) is 9.97 Å². The molecule has 1 aliphatic carbocycles. The molecule has 0 saturated carbocycles. The Kier molecular flexibility index (Phi) is 2.78. The monoisotopic (exact) mass is 305 g/mol. The van der Waals surface area contributed by atoms with Crippen molar-refractivity contribution in [2.75, 3.05) is 5.73 Å². The van der Waals surface area contributed by atoms with Crippen LogP contribution in [0.15, 0.2) is 42.5 Å². The van der Waals surface area contributed by atoms with Crippen LogP contribution in [0.1, 0.15) is 21.5 Å². The number of halogens is 1. The number of carbonyl (C=O) groups is 1. The van der Waals surface area contributed by atoms with Crippen LogP contribution in [0.2, 0.25) is 0 Å². The smallest absolute Gasteiger partial charge is 0.221 e. The summed E-state index contributed by atoms with van der Waals surface area (Å²) in [6.45, 7) is 1.93. The minimum Gasteiger partial charge on any atom is -0.368 e. The molecule has 0 spiro atoms. The quantitative estimate of drug-likeness (QED) is 0.585. The summed E-state index contributed by atoms with van der Waals surface area (Å²) in [6.07, 6.45) is 0. The summed E-state index contributed by atoms with van der Waals surface area (Å²) in [5.41, 5.74) is 10.2. The number of nitrogen functional groups attached to an aromatic ring is 1. The van der Waals surface area contributed by atoms with Gasteiger partial charge in [-0.1, -0.05) is 18.2 Å². The second kappa shape index (κ2) is 4.71. The van der Waals surface area contributed by atoms with E-state index in [0.29, 0.717) is 28.1 Å². The van der Waals surface area contributed by atoms with Gasteiger partial charge in [-0.15, -0.1) is 0 Å². The van der Waals surface area contributed by atoms with Crippen LogP contribution >= 0.6 is 0 Å². The van der Waals surface area contributed by atoms with Gasteiger partial charge in [-0.2, -0.15) is 0 Å². The summed E-state index contributed by atoms with van der Waals surface area (Å²) in [6, 6.07) is 11.4. The number of anilines is 1. The van der Waals surface area contributed by atoms with E-state index in [1.54, 1.807) is 18.2 Å². The standard InChI is InChI=1S/C18H12FN3O/c1-9-3-2-4-12-13(9)16-14(17(12)23)15(21-18(20)22-16)10-5-7-11(19)8-6-10/h2-8H,1H3,(H2,20,21,22). The first-order chi connectivity index (χ1) is 11.1. The highest BCUT2D eigenvalue weighted by Gasteiger charge is 2.33. The minimum absolute atomic E-state index is 0.0898. The Balaban J connectivity index is 2.05. The second-order valence-electron chi connectivity index (χ2n) is 5.49. The lowest BCUT2D eigenvalue weighted by molar-refractivity contribution is 0.104. The van der Waals surface area contributed by atoms with Gasteiger partial charge in [0.1, 0.15) is 5.82 Å².